The SMILES string of the molecule is CC(C)CNc1ccc(F)cc1OCCO. The van der Waals surface area contributed by atoms with E-state index in [0.717, 1.165) is 12.2 Å². The molecular weight excluding hydrogens is 209 g/mol. The lowest BCUT2D eigenvalue weighted by molar-refractivity contribution is 0.201. The average molecular weight is 227 g/mol. The highest BCUT2D eigenvalue weighted by Crippen LogP contribution is 2.25. The Morgan fingerprint density at radius 2 is 2.19 bits per heavy atom. The molecule has 0 fully saturated rings. The zero-order chi connectivity index (χ0) is 12.0. The Hall–Kier alpha value is -1.29. The number of hydrogen-bond acceptors (Lipinski definition) is 3. The second kappa shape index (κ2) is 6.33. The first-order valence-corrected chi connectivity index (χ1v) is 5.40. The first kappa shape index (κ1) is 12.8. The van der Waals surface area contributed by atoms with E-state index in [9.17, 15) is 4.39 Å². The van der Waals surface area contributed by atoms with Crippen LogP contribution in [0.1, 0.15) is 13.8 Å². The van der Waals surface area contributed by atoms with Gasteiger partial charge in [0.05, 0.1) is 12.3 Å². The molecule has 1 aromatic carbocycles. The third-order valence-corrected chi connectivity index (χ3v) is 1.99. The monoisotopic (exact) mass is 227 g/mol. The standard InChI is InChI=1S/C12H18FNO2/c1-9(2)8-14-11-4-3-10(13)7-12(11)16-6-5-15/h3-4,7,9,14-15H,5-6,8H2,1-2H3. The summed E-state index contributed by atoms with van der Waals surface area (Å²) in [7, 11) is 0. The van der Waals surface area contributed by atoms with Gasteiger partial charge in [0.1, 0.15) is 18.2 Å². The fourth-order valence-electron chi connectivity index (χ4n) is 1.23. The van der Waals surface area contributed by atoms with Gasteiger partial charge in [0, 0.05) is 12.6 Å². The van der Waals surface area contributed by atoms with Crippen molar-refractivity contribution in [3.63, 3.8) is 0 Å². The minimum Gasteiger partial charge on any atom is -0.489 e. The largest absolute Gasteiger partial charge is 0.489 e. The third-order valence-electron chi connectivity index (χ3n) is 1.99. The highest BCUT2D eigenvalue weighted by Gasteiger charge is 2.05. The Bertz CT molecular complexity index is 329. The highest BCUT2D eigenvalue weighted by atomic mass is 19.1. The van der Waals surface area contributed by atoms with Gasteiger partial charge >= 0.3 is 0 Å². The molecule has 0 heterocycles. The molecule has 0 aliphatic carbocycles. The van der Waals surface area contributed by atoms with Gasteiger partial charge in [-0.15, -0.1) is 0 Å². The number of aliphatic hydroxyl groups excluding tert-OH is 1. The number of rotatable bonds is 6. The molecule has 0 aliphatic rings. The molecule has 0 saturated carbocycles. The van der Waals surface area contributed by atoms with E-state index in [4.69, 9.17) is 9.84 Å². The Labute approximate surface area is 95.2 Å². The molecule has 0 unspecified atom stereocenters. The molecule has 0 spiro atoms. The number of nitrogens with one attached hydrogen (secondary N) is 1. The van der Waals surface area contributed by atoms with Crippen molar-refractivity contribution in [3.05, 3.63) is 24.0 Å². The van der Waals surface area contributed by atoms with Crippen LogP contribution in [0.5, 0.6) is 5.75 Å². The number of hydrogen-bond donors (Lipinski definition) is 2. The van der Waals surface area contributed by atoms with Crippen molar-refractivity contribution in [2.75, 3.05) is 25.1 Å². The minimum absolute atomic E-state index is 0.0832. The predicted octanol–water partition coefficient (Wildman–Crippen LogP) is 2.26. The van der Waals surface area contributed by atoms with E-state index in [1.165, 1.54) is 12.1 Å². The lowest BCUT2D eigenvalue weighted by Crippen LogP contribution is -2.10. The fraction of sp³-hybridized carbons (Fsp3) is 0.500. The average Bonchev–Trinajstić information content (AvgIpc) is 2.24. The maximum absolute atomic E-state index is 13.0. The molecule has 0 saturated heterocycles. The summed E-state index contributed by atoms with van der Waals surface area (Å²) in [5, 5.41) is 11.8. The molecule has 2 N–H and O–H groups in total. The molecule has 1 rings (SSSR count). The van der Waals surface area contributed by atoms with Gasteiger partial charge < -0.3 is 15.2 Å². The normalized spacial score (nSPS) is 10.6. The van der Waals surface area contributed by atoms with Crippen molar-refractivity contribution in [3.8, 4) is 5.75 Å². The lowest BCUT2D eigenvalue weighted by atomic mass is 10.2. The quantitative estimate of drug-likeness (QED) is 0.783. The molecule has 3 nitrogen and oxygen atoms in total. The van der Waals surface area contributed by atoms with Gasteiger partial charge in [0.15, 0.2) is 0 Å². The number of ether oxygens (including phenoxy) is 1. The van der Waals surface area contributed by atoms with Crippen LogP contribution in [0.2, 0.25) is 0 Å². The zero-order valence-electron chi connectivity index (χ0n) is 9.66. The summed E-state index contributed by atoms with van der Waals surface area (Å²) in [5.41, 5.74) is 0.753. The predicted molar refractivity (Wildman–Crippen MR) is 62.3 cm³/mol. The summed E-state index contributed by atoms with van der Waals surface area (Å²) in [6, 6.07) is 4.34. The molecule has 0 bridgehead atoms. The Kier molecular flexibility index (Phi) is 5.05. The Morgan fingerprint density at radius 1 is 1.44 bits per heavy atom. The van der Waals surface area contributed by atoms with Crippen LogP contribution in [-0.4, -0.2) is 24.9 Å². The molecule has 90 valence electrons. The molecule has 1 aromatic rings. The van der Waals surface area contributed by atoms with Gasteiger partial charge in [0.2, 0.25) is 0 Å². The first-order chi connectivity index (χ1) is 7.63. The third kappa shape index (κ3) is 4.06. The molecule has 0 amide bonds. The van der Waals surface area contributed by atoms with Crippen LogP contribution in [0, 0.1) is 11.7 Å². The van der Waals surface area contributed by atoms with Gasteiger partial charge in [0.25, 0.3) is 0 Å². The van der Waals surface area contributed by atoms with Crippen LogP contribution < -0.4 is 10.1 Å². The fourth-order valence-corrected chi connectivity index (χ4v) is 1.23. The van der Waals surface area contributed by atoms with Gasteiger partial charge in [-0.3, -0.25) is 0 Å². The Balaban J connectivity index is 2.72. The molecule has 0 atom stereocenters. The van der Waals surface area contributed by atoms with E-state index in [0.29, 0.717) is 11.7 Å². The van der Waals surface area contributed by atoms with Gasteiger partial charge in [-0.25, -0.2) is 4.39 Å². The topological polar surface area (TPSA) is 41.5 Å². The Morgan fingerprint density at radius 3 is 2.81 bits per heavy atom. The van der Waals surface area contributed by atoms with Crippen molar-refractivity contribution in [1.82, 2.24) is 0 Å². The van der Waals surface area contributed by atoms with Crippen LogP contribution in [0.3, 0.4) is 0 Å². The summed E-state index contributed by atoms with van der Waals surface area (Å²) in [6.07, 6.45) is 0. The molecule has 0 aliphatic heterocycles. The van der Waals surface area contributed by atoms with Gasteiger partial charge in [-0.05, 0) is 18.1 Å². The van der Waals surface area contributed by atoms with E-state index >= 15 is 0 Å². The summed E-state index contributed by atoms with van der Waals surface area (Å²) in [5.74, 6) is 0.591. The van der Waals surface area contributed by atoms with Crippen molar-refractivity contribution in [2.45, 2.75) is 13.8 Å². The van der Waals surface area contributed by atoms with E-state index in [1.54, 1.807) is 6.07 Å². The summed E-state index contributed by atoms with van der Waals surface area (Å²) >= 11 is 0. The second-order valence-electron chi connectivity index (χ2n) is 3.99. The summed E-state index contributed by atoms with van der Waals surface area (Å²) in [4.78, 5) is 0. The van der Waals surface area contributed by atoms with Crippen LogP contribution >= 0.6 is 0 Å². The van der Waals surface area contributed by atoms with Gasteiger partial charge in [-0.1, -0.05) is 13.8 Å². The van der Waals surface area contributed by atoms with E-state index in [-0.39, 0.29) is 19.0 Å². The lowest BCUT2D eigenvalue weighted by Gasteiger charge is -2.14. The summed E-state index contributed by atoms with van der Waals surface area (Å²) in [6.45, 7) is 5.05. The van der Waals surface area contributed by atoms with Crippen LogP contribution in [-0.2, 0) is 0 Å². The molecule has 4 heteroatoms. The number of aliphatic hydroxyl groups is 1. The zero-order valence-corrected chi connectivity index (χ0v) is 9.66. The molecule has 0 radical (unpaired) electrons. The van der Waals surface area contributed by atoms with Crippen molar-refractivity contribution >= 4 is 5.69 Å². The summed E-state index contributed by atoms with van der Waals surface area (Å²) < 4.78 is 18.2. The maximum atomic E-state index is 13.0. The van der Waals surface area contributed by atoms with Crippen LogP contribution in [0.15, 0.2) is 18.2 Å². The second-order valence-corrected chi connectivity index (χ2v) is 3.99. The number of benzene rings is 1. The van der Waals surface area contributed by atoms with Gasteiger partial charge in [-0.2, -0.15) is 0 Å². The molecule has 0 aromatic heterocycles. The van der Waals surface area contributed by atoms with Crippen molar-refractivity contribution in [1.29, 1.82) is 0 Å². The molecular formula is C12H18FNO2. The highest BCUT2D eigenvalue weighted by molar-refractivity contribution is 5.56. The minimum atomic E-state index is -0.344. The van der Waals surface area contributed by atoms with E-state index in [2.05, 4.69) is 19.2 Å². The van der Waals surface area contributed by atoms with E-state index in [1.807, 2.05) is 0 Å². The maximum Gasteiger partial charge on any atom is 0.145 e. The number of anilines is 1. The smallest absolute Gasteiger partial charge is 0.145 e. The number of halogens is 1. The van der Waals surface area contributed by atoms with Crippen molar-refractivity contribution in [2.24, 2.45) is 5.92 Å². The van der Waals surface area contributed by atoms with Crippen molar-refractivity contribution < 1.29 is 14.2 Å². The molecule has 16 heavy (non-hydrogen) atoms. The van der Waals surface area contributed by atoms with Crippen LogP contribution in [0.4, 0.5) is 10.1 Å². The van der Waals surface area contributed by atoms with E-state index < -0.39 is 0 Å². The first-order valence-electron chi connectivity index (χ1n) is 5.40. The van der Waals surface area contributed by atoms with Crippen LogP contribution in [0.25, 0.3) is 0 Å².